The average Bonchev–Trinajstić information content (AvgIpc) is 2.57. The minimum Gasteiger partial charge on any atom is -0.444 e. The molecule has 0 rings (SSSR count). The van der Waals surface area contributed by atoms with E-state index in [2.05, 4.69) is 26.1 Å². The smallest absolute Gasteiger partial charge is 0.407 e. The number of carbonyl (C=O) groups excluding carboxylic acids is 1. The maximum absolute atomic E-state index is 11.8. The Kier molecular flexibility index (Phi) is 15.8. The average molecular weight is 384 g/mol. The van der Waals surface area contributed by atoms with E-state index >= 15 is 0 Å². The molecule has 0 spiro atoms. The minimum atomic E-state index is -0.428. The number of hydrogen-bond donors (Lipinski definition) is 1. The summed E-state index contributed by atoms with van der Waals surface area (Å²) >= 11 is 0. The summed E-state index contributed by atoms with van der Waals surface area (Å²) in [5.74, 6) is 0.491. The number of hydrogen-bond acceptors (Lipinski definition) is 2. The highest BCUT2D eigenvalue weighted by atomic mass is 16.6. The van der Waals surface area contributed by atoms with E-state index in [9.17, 15) is 4.79 Å². The first kappa shape index (κ1) is 26.3. The molecule has 3 heteroatoms. The monoisotopic (exact) mass is 383 g/mol. The zero-order valence-corrected chi connectivity index (χ0v) is 19.4. The summed E-state index contributed by atoms with van der Waals surface area (Å²) in [5.41, 5.74) is -0.428. The van der Waals surface area contributed by atoms with Crippen LogP contribution < -0.4 is 5.32 Å². The lowest BCUT2D eigenvalue weighted by Gasteiger charge is -2.25. The first-order valence-electron chi connectivity index (χ1n) is 11.8. The molecule has 0 heterocycles. The molecule has 0 radical (unpaired) electrons. The molecule has 3 nitrogen and oxygen atoms in total. The Hall–Kier alpha value is -0.730. The van der Waals surface area contributed by atoms with Crippen LogP contribution in [-0.4, -0.2) is 17.7 Å². The number of nitrogens with one attached hydrogen (secondary N) is 1. The molecule has 2 atom stereocenters. The second-order valence-electron chi connectivity index (χ2n) is 9.44. The van der Waals surface area contributed by atoms with Crippen molar-refractivity contribution >= 4 is 6.09 Å². The fourth-order valence-corrected chi connectivity index (χ4v) is 3.37. The highest BCUT2D eigenvalue weighted by molar-refractivity contribution is 5.68. The molecule has 0 aromatic rings. The third-order valence-corrected chi connectivity index (χ3v) is 5.36. The number of rotatable bonds is 16. The molecule has 0 bridgehead atoms. The van der Waals surface area contributed by atoms with Gasteiger partial charge in [-0.05, 0) is 40.0 Å². The van der Waals surface area contributed by atoms with Crippen LogP contribution in [0.25, 0.3) is 0 Å². The molecule has 0 aliphatic rings. The Bertz CT molecular complexity index is 349. The maximum atomic E-state index is 11.8. The molecular formula is C24H49NO2. The van der Waals surface area contributed by atoms with E-state index in [0.717, 1.165) is 0 Å². The standard InChI is InChI=1S/C24H49NO2/c1-7-8-9-10-11-12-13-14-15-16-17-18-19-20-21(2)22(3)25-23(26)27-24(4,5)6/h21-22H,7-20H2,1-6H3,(H,25,26)/t21-,22-/m0/s1. The van der Waals surface area contributed by atoms with Gasteiger partial charge in [-0.2, -0.15) is 0 Å². The Morgan fingerprint density at radius 2 is 1.19 bits per heavy atom. The van der Waals surface area contributed by atoms with Gasteiger partial charge in [-0.15, -0.1) is 0 Å². The van der Waals surface area contributed by atoms with Crippen LogP contribution >= 0.6 is 0 Å². The summed E-state index contributed by atoms with van der Waals surface area (Å²) in [5, 5.41) is 2.97. The topological polar surface area (TPSA) is 38.3 Å². The van der Waals surface area contributed by atoms with Crippen LogP contribution in [0.5, 0.6) is 0 Å². The van der Waals surface area contributed by atoms with E-state index in [0.29, 0.717) is 5.92 Å². The summed E-state index contributed by atoms with van der Waals surface area (Å²) in [6, 6.07) is 0.164. The van der Waals surface area contributed by atoms with Crippen LogP contribution in [-0.2, 0) is 4.74 Å². The van der Waals surface area contributed by atoms with Crippen LogP contribution in [0, 0.1) is 5.92 Å². The Labute approximate surface area is 170 Å². The fourth-order valence-electron chi connectivity index (χ4n) is 3.37. The summed E-state index contributed by atoms with van der Waals surface area (Å²) < 4.78 is 5.33. The van der Waals surface area contributed by atoms with Gasteiger partial charge >= 0.3 is 6.09 Å². The van der Waals surface area contributed by atoms with E-state index in [1.165, 1.54) is 89.9 Å². The molecular weight excluding hydrogens is 334 g/mol. The van der Waals surface area contributed by atoms with Crippen molar-refractivity contribution in [2.75, 3.05) is 0 Å². The summed E-state index contributed by atoms with van der Waals surface area (Å²) in [7, 11) is 0. The van der Waals surface area contributed by atoms with Gasteiger partial charge in [0.1, 0.15) is 5.60 Å². The van der Waals surface area contributed by atoms with Gasteiger partial charge in [0.2, 0.25) is 0 Å². The lowest BCUT2D eigenvalue weighted by atomic mass is 9.96. The number of carbonyl (C=O) groups is 1. The summed E-state index contributed by atoms with van der Waals surface area (Å²) in [6.07, 6.45) is 18.9. The van der Waals surface area contributed by atoms with Gasteiger partial charge in [0, 0.05) is 6.04 Å². The quantitative estimate of drug-likeness (QED) is 0.274. The van der Waals surface area contributed by atoms with Crippen LogP contribution in [0.3, 0.4) is 0 Å². The predicted octanol–water partition coefficient (Wildman–Crippen LogP) is 8.02. The molecule has 0 fully saturated rings. The zero-order chi connectivity index (χ0) is 20.5. The van der Waals surface area contributed by atoms with Crippen LogP contribution in [0.15, 0.2) is 0 Å². The second-order valence-corrected chi connectivity index (χ2v) is 9.44. The van der Waals surface area contributed by atoms with Crippen molar-refractivity contribution < 1.29 is 9.53 Å². The largest absolute Gasteiger partial charge is 0.444 e. The van der Waals surface area contributed by atoms with Gasteiger partial charge in [-0.1, -0.05) is 97.3 Å². The van der Waals surface area contributed by atoms with Gasteiger partial charge < -0.3 is 10.1 Å². The molecule has 0 unspecified atom stereocenters. The van der Waals surface area contributed by atoms with Gasteiger partial charge in [0.25, 0.3) is 0 Å². The maximum Gasteiger partial charge on any atom is 0.407 e. The van der Waals surface area contributed by atoms with Crippen LogP contribution in [0.2, 0.25) is 0 Å². The molecule has 1 N–H and O–H groups in total. The third kappa shape index (κ3) is 18.4. The number of ether oxygens (including phenoxy) is 1. The van der Waals surface area contributed by atoms with Gasteiger partial charge in [-0.3, -0.25) is 0 Å². The van der Waals surface area contributed by atoms with Gasteiger partial charge in [0.15, 0.2) is 0 Å². The lowest BCUT2D eigenvalue weighted by molar-refractivity contribution is 0.0492. The Balaban J connectivity index is 3.47. The highest BCUT2D eigenvalue weighted by Crippen LogP contribution is 2.17. The van der Waals surface area contributed by atoms with Gasteiger partial charge in [-0.25, -0.2) is 4.79 Å². The van der Waals surface area contributed by atoms with Crippen molar-refractivity contribution in [1.82, 2.24) is 5.32 Å². The normalized spacial score (nSPS) is 14.0. The van der Waals surface area contributed by atoms with Crippen LogP contribution in [0.1, 0.15) is 131 Å². The minimum absolute atomic E-state index is 0.164. The molecule has 27 heavy (non-hydrogen) atoms. The van der Waals surface area contributed by atoms with Crippen molar-refractivity contribution in [2.24, 2.45) is 5.92 Å². The fraction of sp³-hybridized carbons (Fsp3) is 0.958. The molecule has 1 amide bonds. The Morgan fingerprint density at radius 3 is 1.59 bits per heavy atom. The van der Waals surface area contributed by atoms with Crippen molar-refractivity contribution in [2.45, 2.75) is 143 Å². The lowest BCUT2D eigenvalue weighted by Crippen LogP contribution is -2.40. The van der Waals surface area contributed by atoms with E-state index in [4.69, 9.17) is 4.74 Å². The molecule has 0 aromatic heterocycles. The summed E-state index contributed by atoms with van der Waals surface area (Å²) in [6.45, 7) is 12.3. The summed E-state index contributed by atoms with van der Waals surface area (Å²) in [4.78, 5) is 11.8. The van der Waals surface area contributed by atoms with Crippen molar-refractivity contribution in [3.63, 3.8) is 0 Å². The van der Waals surface area contributed by atoms with E-state index in [1.54, 1.807) is 0 Å². The second kappa shape index (κ2) is 16.2. The molecule has 162 valence electrons. The predicted molar refractivity (Wildman–Crippen MR) is 118 cm³/mol. The van der Waals surface area contributed by atoms with Crippen molar-refractivity contribution in [3.8, 4) is 0 Å². The SMILES string of the molecule is CCCCCCCCCCCCCCC[C@H](C)[C@H](C)NC(=O)OC(C)(C)C. The number of amides is 1. The molecule has 0 aliphatic heterocycles. The highest BCUT2D eigenvalue weighted by Gasteiger charge is 2.20. The Morgan fingerprint density at radius 1 is 0.778 bits per heavy atom. The van der Waals surface area contributed by atoms with E-state index in [1.807, 2.05) is 20.8 Å². The molecule has 0 saturated carbocycles. The van der Waals surface area contributed by atoms with Crippen molar-refractivity contribution in [1.29, 1.82) is 0 Å². The number of alkyl carbamates (subject to hydrolysis) is 1. The van der Waals surface area contributed by atoms with Gasteiger partial charge in [0.05, 0.1) is 0 Å². The van der Waals surface area contributed by atoms with Crippen molar-refractivity contribution in [3.05, 3.63) is 0 Å². The first-order chi connectivity index (χ1) is 12.8. The zero-order valence-electron chi connectivity index (χ0n) is 19.4. The first-order valence-corrected chi connectivity index (χ1v) is 11.8. The van der Waals surface area contributed by atoms with E-state index < -0.39 is 5.60 Å². The molecule has 0 aromatic carbocycles. The van der Waals surface area contributed by atoms with E-state index in [-0.39, 0.29) is 12.1 Å². The molecule has 0 aliphatic carbocycles. The third-order valence-electron chi connectivity index (χ3n) is 5.36. The number of unbranched alkanes of at least 4 members (excludes halogenated alkanes) is 12. The van der Waals surface area contributed by atoms with Crippen LogP contribution in [0.4, 0.5) is 4.79 Å². The molecule has 0 saturated heterocycles.